The zero-order valence-corrected chi connectivity index (χ0v) is 12.0. The summed E-state index contributed by atoms with van der Waals surface area (Å²) >= 11 is 0. The van der Waals surface area contributed by atoms with E-state index in [1.54, 1.807) is 7.11 Å². The fourth-order valence-electron chi connectivity index (χ4n) is 3.09. The molecule has 1 aliphatic rings. The summed E-state index contributed by atoms with van der Waals surface area (Å²) in [6.45, 7) is 5.08. The number of methoxy groups -OCH3 is 1. The van der Waals surface area contributed by atoms with Gasteiger partial charge in [0.2, 0.25) is 0 Å². The minimum absolute atomic E-state index is 0.212. The third-order valence-electron chi connectivity index (χ3n) is 4.11. The summed E-state index contributed by atoms with van der Waals surface area (Å²) in [6, 6.07) is 10.2. The van der Waals surface area contributed by atoms with Crippen molar-refractivity contribution >= 4 is 0 Å². The van der Waals surface area contributed by atoms with E-state index in [-0.39, 0.29) is 6.04 Å². The lowest BCUT2D eigenvalue weighted by Crippen LogP contribution is -2.38. The predicted octanol–water partition coefficient (Wildman–Crippen LogP) is 2.47. The summed E-state index contributed by atoms with van der Waals surface area (Å²) in [5, 5.41) is 10.6. The SMILES string of the molecule is CCC(C(O)c1ccccc1)N1CCC(COC)C1. The van der Waals surface area contributed by atoms with E-state index in [9.17, 15) is 5.11 Å². The summed E-state index contributed by atoms with van der Waals surface area (Å²) in [5.41, 5.74) is 1.02. The fraction of sp³-hybridized carbons (Fsp3) is 0.625. The van der Waals surface area contributed by atoms with Crippen LogP contribution in [0.5, 0.6) is 0 Å². The van der Waals surface area contributed by atoms with Crippen LogP contribution in [0.15, 0.2) is 30.3 Å². The second kappa shape index (κ2) is 7.04. The molecule has 106 valence electrons. The number of hydrogen-bond acceptors (Lipinski definition) is 3. The Morgan fingerprint density at radius 2 is 2.11 bits per heavy atom. The molecule has 3 unspecified atom stereocenters. The van der Waals surface area contributed by atoms with E-state index in [1.165, 1.54) is 6.42 Å². The van der Waals surface area contributed by atoms with Crippen LogP contribution in [0.25, 0.3) is 0 Å². The first-order valence-corrected chi connectivity index (χ1v) is 7.22. The fourth-order valence-corrected chi connectivity index (χ4v) is 3.09. The Morgan fingerprint density at radius 1 is 1.37 bits per heavy atom. The van der Waals surface area contributed by atoms with E-state index >= 15 is 0 Å². The maximum atomic E-state index is 10.6. The zero-order valence-electron chi connectivity index (χ0n) is 12.0. The van der Waals surface area contributed by atoms with Crippen LogP contribution in [0.3, 0.4) is 0 Å². The molecule has 3 heteroatoms. The van der Waals surface area contributed by atoms with Crippen molar-refractivity contribution in [2.24, 2.45) is 5.92 Å². The van der Waals surface area contributed by atoms with Crippen LogP contribution in [0.4, 0.5) is 0 Å². The van der Waals surface area contributed by atoms with E-state index in [2.05, 4.69) is 11.8 Å². The smallest absolute Gasteiger partial charge is 0.0945 e. The molecule has 1 heterocycles. The molecule has 1 aromatic rings. The lowest BCUT2D eigenvalue weighted by Gasteiger charge is -2.31. The summed E-state index contributed by atoms with van der Waals surface area (Å²) in [5.74, 6) is 0.613. The molecule has 1 saturated heterocycles. The lowest BCUT2D eigenvalue weighted by atomic mass is 9.99. The molecule has 1 aliphatic heterocycles. The number of nitrogens with zero attached hydrogens (tertiary/aromatic N) is 1. The molecule has 0 radical (unpaired) electrons. The standard InChI is InChI=1S/C16H25NO2/c1-3-15(16(18)14-7-5-4-6-8-14)17-10-9-13(11-17)12-19-2/h4-8,13,15-16,18H,3,9-12H2,1-2H3. The first kappa shape index (κ1) is 14.5. The number of ether oxygens (including phenoxy) is 1. The largest absolute Gasteiger partial charge is 0.387 e. The number of hydrogen-bond donors (Lipinski definition) is 1. The molecule has 0 bridgehead atoms. The summed E-state index contributed by atoms with van der Waals surface area (Å²) in [7, 11) is 1.76. The van der Waals surface area contributed by atoms with Crippen molar-refractivity contribution in [2.45, 2.75) is 31.9 Å². The zero-order chi connectivity index (χ0) is 13.7. The van der Waals surface area contributed by atoms with Crippen LogP contribution in [0.1, 0.15) is 31.4 Å². The minimum atomic E-state index is -0.396. The highest BCUT2D eigenvalue weighted by atomic mass is 16.5. The second-order valence-corrected chi connectivity index (χ2v) is 5.44. The van der Waals surface area contributed by atoms with Gasteiger partial charge in [-0.2, -0.15) is 0 Å². The Bertz CT molecular complexity index is 368. The number of aliphatic hydroxyl groups excluding tert-OH is 1. The van der Waals surface area contributed by atoms with Gasteiger partial charge >= 0.3 is 0 Å². The molecular formula is C16H25NO2. The Labute approximate surface area is 116 Å². The Hall–Kier alpha value is -0.900. The van der Waals surface area contributed by atoms with Gasteiger partial charge < -0.3 is 9.84 Å². The molecule has 0 spiro atoms. The Morgan fingerprint density at radius 3 is 2.74 bits per heavy atom. The molecule has 3 nitrogen and oxygen atoms in total. The first-order chi connectivity index (χ1) is 9.26. The van der Waals surface area contributed by atoms with Gasteiger partial charge in [-0.1, -0.05) is 37.3 Å². The molecule has 1 fully saturated rings. The Balaban J connectivity index is 2.00. The quantitative estimate of drug-likeness (QED) is 0.856. The maximum absolute atomic E-state index is 10.6. The number of likely N-dealkylation sites (tertiary alicyclic amines) is 1. The molecule has 0 aromatic heterocycles. The molecule has 1 N–H and O–H groups in total. The molecule has 1 aromatic carbocycles. The average molecular weight is 263 g/mol. The third-order valence-corrected chi connectivity index (χ3v) is 4.11. The minimum Gasteiger partial charge on any atom is -0.387 e. The van der Waals surface area contributed by atoms with Gasteiger partial charge in [0, 0.05) is 19.7 Å². The van der Waals surface area contributed by atoms with E-state index in [0.29, 0.717) is 5.92 Å². The molecule has 19 heavy (non-hydrogen) atoms. The van der Waals surface area contributed by atoms with Gasteiger partial charge in [0.25, 0.3) is 0 Å². The van der Waals surface area contributed by atoms with Gasteiger partial charge in [-0.15, -0.1) is 0 Å². The van der Waals surface area contributed by atoms with Crippen LogP contribution < -0.4 is 0 Å². The highest BCUT2D eigenvalue weighted by molar-refractivity contribution is 5.19. The van der Waals surface area contributed by atoms with Gasteiger partial charge in [0.15, 0.2) is 0 Å². The van der Waals surface area contributed by atoms with Crippen LogP contribution >= 0.6 is 0 Å². The topological polar surface area (TPSA) is 32.7 Å². The lowest BCUT2D eigenvalue weighted by molar-refractivity contribution is 0.0536. The maximum Gasteiger partial charge on any atom is 0.0945 e. The van der Waals surface area contributed by atoms with E-state index in [0.717, 1.165) is 31.7 Å². The van der Waals surface area contributed by atoms with Gasteiger partial charge in [-0.05, 0) is 30.9 Å². The van der Waals surface area contributed by atoms with Crippen molar-refractivity contribution in [3.63, 3.8) is 0 Å². The van der Waals surface area contributed by atoms with Crippen molar-refractivity contribution < 1.29 is 9.84 Å². The normalized spacial score (nSPS) is 23.4. The predicted molar refractivity (Wildman–Crippen MR) is 77.0 cm³/mol. The molecule has 0 amide bonds. The first-order valence-electron chi connectivity index (χ1n) is 7.22. The van der Waals surface area contributed by atoms with Crippen molar-refractivity contribution in [1.82, 2.24) is 4.90 Å². The molecular weight excluding hydrogens is 238 g/mol. The van der Waals surface area contributed by atoms with Gasteiger partial charge in [-0.3, -0.25) is 4.90 Å². The number of rotatable bonds is 6. The number of aliphatic hydroxyl groups is 1. The second-order valence-electron chi connectivity index (χ2n) is 5.44. The highest BCUT2D eigenvalue weighted by Crippen LogP contribution is 2.28. The van der Waals surface area contributed by atoms with Crippen LogP contribution in [-0.4, -0.2) is 42.9 Å². The van der Waals surface area contributed by atoms with Crippen LogP contribution in [-0.2, 0) is 4.74 Å². The monoisotopic (exact) mass is 263 g/mol. The van der Waals surface area contributed by atoms with Crippen molar-refractivity contribution in [3.8, 4) is 0 Å². The van der Waals surface area contributed by atoms with Gasteiger partial charge in [-0.25, -0.2) is 0 Å². The summed E-state index contributed by atoms with van der Waals surface area (Å²) in [4.78, 5) is 2.42. The van der Waals surface area contributed by atoms with E-state index in [4.69, 9.17) is 4.74 Å². The van der Waals surface area contributed by atoms with Crippen molar-refractivity contribution in [3.05, 3.63) is 35.9 Å². The molecule has 3 atom stereocenters. The summed E-state index contributed by atoms with van der Waals surface area (Å²) < 4.78 is 5.24. The van der Waals surface area contributed by atoms with Crippen LogP contribution in [0.2, 0.25) is 0 Å². The van der Waals surface area contributed by atoms with Gasteiger partial charge in [0.1, 0.15) is 0 Å². The summed E-state index contributed by atoms with van der Waals surface area (Å²) in [6.07, 6.45) is 1.74. The molecule has 0 saturated carbocycles. The number of benzene rings is 1. The van der Waals surface area contributed by atoms with Crippen LogP contribution in [0, 0.1) is 5.92 Å². The molecule has 2 rings (SSSR count). The van der Waals surface area contributed by atoms with E-state index in [1.807, 2.05) is 30.3 Å². The average Bonchev–Trinajstić information content (AvgIpc) is 2.89. The van der Waals surface area contributed by atoms with Crippen molar-refractivity contribution in [2.75, 3.05) is 26.8 Å². The van der Waals surface area contributed by atoms with E-state index < -0.39 is 6.10 Å². The Kier molecular flexibility index (Phi) is 5.37. The molecule has 0 aliphatic carbocycles. The van der Waals surface area contributed by atoms with Gasteiger partial charge in [0.05, 0.1) is 12.7 Å². The van der Waals surface area contributed by atoms with Crippen molar-refractivity contribution in [1.29, 1.82) is 0 Å². The highest BCUT2D eigenvalue weighted by Gasteiger charge is 2.31. The third kappa shape index (κ3) is 3.56.